The molecule has 5 nitrogen and oxygen atoms in total. The number of carbonyl (C=O) groups is 1. The van der Waals surface area contributed by atoms with Gasteiger partial charge in [-0.05, 0) is 19.4 Å². The van der Waals surface area contributed by atoms with Gasteiger partial charge in [-0.15, -0.1) is 0 Å². The Morgan fingerprint density at radius 1 is 1.29 bits per heavy atom. The zero-order valence-electron chi connectivity index (χ0n) is 13.3. The predicted molar refractivity (Wildman–Crippen MR) is 82.9 cm³/mol. The van der Waals surface area contributed by atoms with Gasteiger partial charge in [0.25, 0.3) is 0 Å². The molecule has 1 aromatic carbocycles. The minimum atomic E-state index is -1.19. The van der Waals surface area contributed by atoms with E-state index in [0.717, 1.165) is 5.56 Å². The van der Waals surface area contributed by atoms with E-state index in [1.54, 1.807) is 7.11 Å². The van der Waals surface area contributed by atoms with Crippen molar-refractivity contribution in [1.82, 2.24) is 4.90 Å². The third-order valence-corrected chi connectivity index (χ3v) is 3.60. The van der Waals surface area contributed by atoms with Crippen molar-refractivity contribution in [2.24, 2.45) is 5.73 Å². The largest absolute Gasteiger partial charge is 0.467 e. The molecule has 0 aliphatic carbocycles. The molecule has 1 unspecified atom stereocenters. The Kier molecular flexibility index (Phi) is 6.81. The number of benzene rings is 1. The standard InChI is InChI=1S/C16H26N2O3/c1-13(2)18(10-11-20-3)12-16(17,15(19)21-4)14-8-6-5-7-9-14/h5-9,13H,10-12,17H2,1-4H3. The van der Waals surface area contributed by atoms with E-state index >= 15 is 0 Å². The second-order valence-corrected chi connectivity index (χ2v) is 5.39. The zero-order chi connectivity index (χ0) is 15.9. The summed E-state index contributed by atoms with van der Waals surface area (Å²) in [6.45, 7) is 5.81. The van der Waals surface area contributed by atoms with Crippen molar-refractivity contribution < 1.29 is 14.3 Å². The van der Waals surface area contributed by atoms with Crippen LogP contribution in [0.5, 0.6) is 0 Å². The van der Waals surface area contributed by atoms with E-state index < -0.39 is 11.5 Å². The molecule has 0 radical (unpaired) electrons. The van der Waals surface area contributed by atoms with Gasteiger partial charge in [-0.25, -0.2) is 4.79 Å². The third-order valence-electron chi connectivity index (χ3n) is 3.60. The lowest BCUT2D eigenvalue weighted by atomic mass is 9.90. The summed E-state index contributed by atoms with van der Waals surface area (Å²) in [6.07, 6.45) is 0. The maximum atomic E-state index is 12.3. The minimum Gasteiger partial charge on any atom is -0.467 e. The Labute approximate surface area is 127 Å². The number of ether oxygens (including phenoxy) is 2. The molecule has 0 amide bonds. The number of esters is 1. The van der Waals surface area contributed by atoms with Crippen LogP contribution in [0.15, 0.2) is 30.3 Å². The van der Waals surface area contributed by atoms with Crippen LogP contribution in [0.4, 0.5) is 0 Å². The monoisotopic (exact) mass is 294 g/mol. The molecular formula is C16H26N2O3. The van der Waals surface area contributed by atoms with Gasteiger partial charge in [0.15, 0.2) is 5.54 Å². The van der Waals surface area contributed by atoms with Gasteiger partial charge in [-0.1, -0.05) is 30.3 Å². The van der Waals surface area contributed by atoms with E-state index in [1.807, 2.05) is 30.3 Å². The molecular weight excluding hydrogens is 268 g/mol. The number of hydrogen-bond acceptors (Lipinski definition) is 5. The summed E-state index contributed by atoms with van der Waals surface area (Å²) in [5.74, 6) is -0.434. The second kappa shape index (κ2) is 8.12. The highest BCUT2D eigenvalue weighted by Gasteiger charge is 2.39. The first-order chi connectivity index (χ1) is 9.95. The Balaban J connectivity index is 3.05. The lowest BCUT2D eigenvalue weighted by Crippen LogP contribution is -2.55. The van der Waals surface area contributed by atoms with E-state index in [9.17, 15) is 4.79 Å². The quantitative estimate of drug-likeness (QED) is 0.734. The normalized spacial score (nSPS) is 14.2. The fraction of sp³-hybridized carbons (Fsp3) is 0.562. The molecule has 21 heavy (non-hydrogen) atoms. The van der Waals surface area contributed by atoms with Crippen molar-refractivity contribution in [2.45, 2.75) is 25.4 Å². The molecule has 0 saturated heterocycles. The van der Waals surface area contributed by atoms with E-state index in [2.05, 4.69) is 18.7 Å². The maximum Gasteiger partial charge on any atom is 0.331 e. The van der Waals surface area contributed by atoms with Gasteiger partial charge in [-0.2, -0.15) is 0 Å². The first-order valence-corrected chi connectivity index (χ1v) is 7.11. The zero-order valence-corrected chi connectivity index (χ0v) is 13.3. The molecule has 0 bridgehead atoms. The van der Waals surface area contributed by atoms with Crippen LogP contribution in [-0.2, 0) is 19.8 Å². The lowest BCUT2D eigenvalue weighted by molar-refractivity contribution is -0.148. The minimum absolute atomic E-state index is 0.247. The summed E-state index contributed by atoms with van der Waals surface area (Å²) in [7, 11) is 3.02. The molecule has 0 heterocycles. The molecule has 5 heteroatoms. The van der Waals surface area contributed by atoms with Crippen molar-refractivity contribution >= 4 is 5.97 Å². The molecule has 0 aliphatic rings. The summed E-state index contributed by atoms with van der Waals surface area (Å²) in [4.78, 5) is 14.4. The van der Waals surface area contributed by atoms with Crippen molar-refractivity contribution in [3.8, 4) is 0 Å². The van der Waals surface area contributed by atoms with Gasteiger partial charge in [0.1, 0.15) is 0 Å². The average molecular weight is 294 g/mol. The van der Waals surface area contributed by atoms with E-state index in [0.29, 0.717) is 19.7 Å². The Bertz CT molecular complexity index is 436. The van der Waals surface area contributed by atoms with Crippen LogP contribution in [0.1, 0.15) is 19.4 Å². The first-order valence-electron chi connectivity index (χ1n) is 7.11. The molecule has 1 rings (SSSR count). The molecule has 0 aromatic heterocycles. The molecule has 2 N–H and O–H groups in total. The van der Waals surface area contributed by atoms with Crippen LogP contribution < -0.4 is 5.73 Å². The van der Waals surface area contributed by atoms with Crippen LogP contribution in [-0.4, -0.2) is 50.8 Å². The van der Waals surface area contributed by atoms with Crippen molar-refractivity contribution in [3.05, 3.63) is 35.9 Å². The topological polar surface area (TPSA) is 64.8 Å². The second-order valence-electron chi connectivity index (χ2n) is 5.39. The number of rotatable bonds is 8. The molecule has 0 saturated carbocycles. The molecule has 118 valence electrons. The highest BCUT2D eigenvalue weighted by molar-refractivity contribution is 5.82. The summed E-state index contributed by atoms with van der Waals surface area (Å²) >= 11 is 0. The van der Waals surface area contributed by atoms with Gasteiger partial charge >= 0.3 is 5.97 Å². The number of nitrogens with zero attached hydrogens (tertiary/aromatic N) is 1. The van der Waals surface area contributed by atoms with Crippen molar-refractivity contribution in [2.75, 3.05) is 33.9 Å². The van der Waals surface area contributed by atoms with E-state index in [4.69, 9.17) is 15.2 Å². The summed E-state index contributed by atoms with van der Waals surface area (Å²) in [5, 5.41) is 0. The molecule has 0 aliphatic heterocycles. The van der Waals surface area contributed by atoms with E-state index in [1.165, 1.54) is 7.11 Å². The van der Waals surface area contributed by atoms with Crippen LogP contribution in [0.25, 0.3) is 0 Å². The van der Waals surface area contributed by atoms with Crippen LogP contribution in [0.2, 0.25) is 0 Å². The van der Waals surface area contributed by atoms with Crippen LogP contribution in [0, 0.1) is 0 Å². The SMILES string of the molecule is COCCN(CC(N)(C(=O)OC)c1ccccc1)C(C)C. The molecule has 1 aromatic rings. The number of carbonyl (C=O) groups excluding carboxylic acids is 1. The lowest BCUT2D eigenvalue weighted by Gasteiger charge is -2.35. The Morgan fingerprint density at radius 3 is 2.38 bits per heavy atom. The fourth-order valence-electron chi connectivity index (χ4n) is 2.24. The summed E-state index contributed by atoms with van der Waals surface area (Å²) in [5.41, 5.74) is 5.99. The van der Waals surface area contributed by atoms with Gasteiger partial charge in [0.2, 0.25) is 0 Å². The van der Waals surface area contributed by atoms with Crippen molar-refractivity contribution in [1.29, 1.82) is 0 Å². The van der Waals surface area contributed by atoms with Crippen LogP contribution in [0.3, 0.4) is 0 Å². The van der Waals surface area contributed by atoms with Gasteiger partial charge in [-0.3, -0.25) is 4.90 Å². The predicted octanol–water partition coefficient (Wildman–Crippen LogP) is 1.37. The smallest absolute Gasteiger partial charge is 0.331 e. The third kappa shape index (κ3) is 4.52. The first kappa shape index (κ1) is 17.6. The number of methoxy groups -OCH3 is 2. The average Bonchev–Trinajstić information content (AvgIpc) is 2.50. The summed E-state index contributed by atoms with van der Waals surface area (Å²) in [6, 6.07) is 9.59. The molecule has 0 spiro atoms. The van der Waals surface area contributed by atoms with Gasteiger partial charge < -0.3 is 15.2 Å². The highest BCUT2D eigenvalue weighted by Crippen LogP contribution is 2.22. The number of nitrogens with two attached hydrogens (primary N) is 1. The molecule has 1 atom stereocenters. The Morgan fingerprint density at radius 2 is 1.90 bits per heavy atom. The van der Waals surface area contributed by atoms with Crippen LogP contribution >= 0.6 is 0 Å². The highest BCUT2D eigenvalue weighted by atomic mass is 16.5. The maximum absolute atomic E-state index is 12.3. The molecule has 0 fully saturated rings. The van der Waals surface area contributed by atoms with Gasteiger partial charge in [0, 0.05) is 26.2 Å². The summed E-state index contributed by atoms with van der Waals surface area (Å²) < 4.78 is 10.1. The fourth-order valence-corrected chi connectivity index (χ4v) is 2.24. The van der Waals surface area contributed by atoms with Crippen molar-refractivity contribution in [3.63, 3.8) is 0 Å². The van der Waals surface area contributed by atoms with E-state index in [-0.39, 0.29) is 6.04 Å². The Hall–Kier alpha value is -1.43. The number of hydrogen-bond donors (Lipinski definition) is 1. The van der Waals surface area contributed by atoms with Gasteiger partial charge in [0.05, 0.1) is 13.7 Å².